The van der Waals surface area contributed by atoms with Crippen LogP contribution in [0.4, 0.5) is 0 Å². The second-order valence-corrected chi connectivity index (χ2v) is 11.1. The molecule has 4 bridgehead atoms. The minimum absolute atomic E-state index is 0. The van der Waals surface area contributed by atoms with E-state index in [-0.39, 0.29) is 30.7 Å². The van der Waals surface area contributed by atoms with Crippen molar-refractivity contribution in [1.29, 1.82) is 0 Å². The van der Waals surface area contributed by atoms with Crippen molar-refractivity contribution in [1.82, 2.24) is 16.0 Å². The third-order valence-corrected chi connectivity index (χ3v) is 8.54. The van der Waals surface area contributed by atoms with Crippen molar-refractivity contribution < 1.29 is 4.79 Å². The normalized spacial score (nSPS) is 32.7. The molecule has 3 N–H and O–H groups in total. The number of amides is 1. The number of hydrogen-bond acceptors (Lipinski definition) is 3. The molecule has 5 aliphatic rings. The van der Waals surface area contributed by atoms with Gasteiger partial charge in [-0.3, -0.25) is 4.79 Å². The molecule has 32 heavy (non-hydrogen) atoms. The van der Waals surface area contributed by atoms with Crippen molar-refractivity contribution in [2.45, 2.75) is 63.8 Å². The Bertz CT molecular complexity index is 746. The molecule has 0 radical (unpaired) electrons. The minimum Gasteiger partial charge on any atom is -0.351 e. The predicted molar refractivity (Wildman–Crippen MR) is 136 cm³/mol. The molecule has 1 amide bonds. The molecule has 1 heterocycles. The van der Waals surface area contributed by atoms with Crippen molar-refractivity contribution in [3.8, 4) is 0 Å². The third-order valence-electron chi connectivity index (χ3n) is 8.21. The maximum absolute atomic E-state index is 13.0. The van der Waals surface area contributed by atoms with Crippen LogP contribution in [0, 0.1) is 23.2 Å². The van der Waals surface area contributed by atoms with E-state index >= 15 is 0 Å². The summed E-state index contributed by atoms with van der Waals surface area (Å²) in [7, 11) is 0. The van der Waals surface area contributed by atoms with Crippen molar-refractivity contribution in [3.05, 3.63) is 34.3 Å². The summed E-state index contributed by atoms with van der Waals surface area (Å²) in [5, 5.41) is 10.9. The maximum atomic E-state index is 13.0. The lowest BCUT2D eigenvalue weighted by molar-refractivity contribution is -0.0503. The second kappa shape index (κ2) is 11.3. The van der Waals surface area contributed by atoms with Gasteiger partial charge in [0.15, 0.2) is 0 Å². The first-order valence-corrected chi connectivity index (χ1v) is 12.5. The first kappa shape index (κ1) is 26.1. The van der Waals surface area contributed by atoms with E-state index in [4.69, 9.17) is 11.6 Å². The van der Waals surface area contributed by atoms with E-state index < -0.39 is 0 Å². The van der Waals surface area contributed by atoms with Crippen LogP contribution in [0.3, 0.4) is 0 Å². The Morgan fingerprint density at radius 3 is 2.41 bits per heavy atom. The van der Waals surface area contributed by atoms with E-state index in [1.54, 1.807) is 0 Å². The summed E-state index contributed by atoms with van der Waals surface area (Å²) in [4.78, 5) is 13.0. The van der Waals surface area contributed by atoms with E-state index in [0.29, 0.717) is 22.0 Å². The van der Waals surface area contributed by atoms with Crippen molar-refractivity contribution in [2.24, 2.45) is 23.2 Å². The monoisotopic (exact) mass is 501 g/mol. The smallest absolute Gasteiger partial charge is 0.252 e. The molecule has 5 fully saturated rings. The molecule has 7 heteroatoms. The van der Waals surface area contributed by atoms with Crippen LogP contribution < -0.4 is 16.0 Å². The molecule has 1 unspecified atom stereocenters. The van der Waals surface area contributed by atoms with Crippen molar-refractivity contribution in [3.63, 3.8) is 0 Å². The molecule has 1 saturated heterocycles. The lowest BCUT2D eigenvalue weighted by Crippen LogP contribution is -2.51. The number of carbonyl (C=O) groups excluding carboxylic acids is 1. The summed E-state index contributed by atoms with van der Waals surface area (Å²) < 4.78 is 0. The van der Waals surface area contributed by atoms with Gasteiger partial charge in [-0.1, -0.05) is 17.7 Å². The van der Waals surface area contributed by atoms with Gasteiger partial charge in [0.2, 0.25) is 0 Å². The Morgan fingerprint density at radius 1 is 1.09 bits per heavy atom. The Hall–Kier alpha value is -0.520. The maximum Gasteiger partial charge on any atom is 0.252 e. The van der Waals surface area contributed by atoms with E-state index in [1.165, 1.54) is 56.9 Å². The fourth-order valence-electron chi connectivity index (χ4n) is 7.22. The standard InChI is InChI=1S/C25H36ClN3O.2ClH/c26-23-4-3-17(5-7-28-21-2-1-6-27-15-21)11-22(23)24(30)29-16-25-12-18-8-19(13-25)10-20(9-18)14-25;;/h3-4,11,18-21,27-28H,1-2,5-10,12-16H2,(H,29,30);2*1H. The van der Waals surface area contributed by atoms with Gasteiger partial charge in [0.25, 0.3) is 5.91 Å². The number of rotatable bonds is 7. The first-order chi connectivity index (χ1) is 14.6. The Kier molecular flexibility index (Phi) is 9.19. The molecule has 180 valence electrons. The van der Waals surface area contributed by atoms with E-state index in [1.807, 2.05) is 12.1 Å². The highest BCUT2D eigenvalue weighted by molar-refractivity contribution is 6.33. The highest BCUT2D eigenvalue weighted by Crippen LogP contribution is 2.59. The largest absolute Gasteiger partial charge is 0.351 e. The first-order valence-electron chi connectivity index (χ1n) is 12.1. The molecule has 1 aromatic carbocycles. The van der Waals surface area contributed by atoms with Crippen LogP contribution in [-0.2, 0) is 6.42 Å². The number of carbonyl (C=O) groups is 1. The molecule has 1 aromatic rings. The van der Waals surface area contributed by atoms with E-state index in [0.717, 1.165) is 50.4 Å². The third kappa shape index (κ3) is 5.93. The van der Waals surface area contributed by atoms with Gasteiger partial charge < -0.3 is 16.0 Å². The SMILES string of the molecule is Cl.Cl.O=C(NCC12CC3CC(CC(C3)C1)C2)c1cc(CCNC2CCCNC2)ccc1Cl. The van der Waals surface area contributed by atoms with Crippen LogP contribution in [0.2, 0.25) is 5.02 Å². The van der Waals surface area contributed by atoms with Gasteiger partial charge in [0, 0.05) is 19.1 Å². The topological polar surface area (TPSA) is 53.2 Å². The molecule has 4 nitrogen and oxygen atoms in total. The zero-order chi connectivity index (χ0) is 20.6. The highest BCUT2D eigenvalue weighted by Gasteiger charge is 2.50. The number of halogens is 3. The zero-order valence-corrected chi connectivity index (χ0v) is 21.2. The number of nitrogens with one attached hydrogen (secondary N) is 3. The van der Waals surface area contributed by atoms with Crippen LogP contribution in [-0.4, -0.2) is 38.1 Å². The van der Waals surface area contributed by atoms with Gasteiger partial charge in [-0.15, -0.1) is 24.8 Å². The summed E-state index contributed by atoms with van der Waals surface area (Å²) in [5.74, 6) is 2.73. The molecular formula is C25H38Cl3N3O. The fourth-order valence-corrected chi connectivity index (χ4v) is 7.42. The van der Waals surface area contributed by atoms with Gasteiger partial charge in [0.1, 0.15) is 0 Å². The zero-order valence-electron chi connectivity index (χ0n) is 18.8. The van der Waals surface area contributed by atoms with Crippen LogP contribution in [0.1, 0.15) is 67.3 Å². The van der Waals surface area contributed by atoms with Gasteiger partial charge in [-0.05, 0) is 112 Å². The predicted octanol–water partition coefficient (Wildman–Crippen LogP) is 5.01. The molecular weight excluding hydrogens is 465 g/mol. The van der Waals surface area contributed by atoms with Crippen molar-refractivity contribution >= 4 is 42.3 Å². The number of hydrogen-bond donors (Lipinski definition) is 3. The summed E-state index contributed by atoms with van der Waals surface area (Å²) in [6, 6.07) is 6.50. The van der Waals surface area contributed by atoms with Crippen LogP contribution in [0.25, 0.3) is 0 Å². The average molecular weight is 503 g/mol. The van der Waals surface area contributed by atoms with Crippen LogP contribution >= 0.6 is 36.4 Å². The average Bonchev–Trinajstić information content (AvgIpc) is 2.73. The Balaban J connectivity index is 0.00000144. The van der Waals surface area contributed by atoms with Gasteiger partial charge in [-0.25, -0.2) is 0 Å². The molecule has 6 rings (SSSR count). The summed E-state index contributed by atoms with van der Waals surface area (Å²) >= 11 is 6.42. The summed E-state index contributed by atoms with van der Waals surface area (Å²) in [6.45, 7) is 3.95. The van der Waals surface area contributed by atoms with Crippen LogP contribution in [0.5, 0.6) is 0 Å². The van der Waals surface area contributed by atoms with E-state index in [9.17, 15) is 4.79 Å². The number of piperidine rings is 1. The second-order valence-electron chi connectivity index (χ2n) is 10.7. The molecule has 1 aliphatic heterocycles. The molecule has 1 atom stereocenters. The molecule has 0 spiro atoms. The molecule has 0 aromatic heterocycles. The lowest BCUT2D eigenvalue weighted by atomic mass is 9.49. The number of benzene rings is 1. The van der Waals surface area contributed by atoms with E-state index in [2.05, 4.69) is 22.0 Å². The van der Waals surface area contributed by atoms with Gasteiger partial charge in [-0.2, -0.15) is 0 Å². The van der Waals surface area contributed by atoms with Crippen LogP contribution in [0.15, 0.2) is 18.2 Å². The summed E-state index contributed by atoms with van der Waals surface area (Å²) in [5.41, 5.74) is 2.17. The lowest BCUT2D eigenvalue weighted by Gasteiger charge is -2.56. The van der Waals surface area contributed by atoms with Crippen molar-refractivity contribution in [2.75, 3.05) is 26.2 Å². The molecule has 4 saturated carbocycles. The quantitative estimate of drug-likeness (QED) is 0.491. The minimum atomic E-state index is 0. The van der Waals surface area contributed by atoms with Gasteiger partial charge >= 0.3 is 0 Å². The summed E-state index contributed by atoms with van der Waals surface area (Å²) in [6.07, 6.45) is 11.7. The Labute approximate surface area is 210 Å². The Morgan fingerprint density at radius 2 is 1.78 bits per heavy atom. The molecule has 4 aliphatic carbocycles. The highest BCUT2D eigenvalue weighted by atomic mass is 35.5. The van der Waals surface area contributed by atoms with Gasteiger partial charge in [0.05, 0.1) is 10.6 Å². The fraction of sp³-hybridized carbons (Fsp3) is 0.720.